The molecule has 4 aromatic carbocycles. The third-order valence-corrected chi connectivity index (χ3v) is 8.70. The fourth-order valence-electron chi connectivity index (χ4n) is 4.47. The van der Waals surface area contributed by atoms with Crippen molar-refractivity contribution in [1.29, 1.82) is 0 Å². The van der Waals surface area contributed by atoms with Gasteiger partial charge in [-0.05, 0) is 66.2 Å². The summed E-state index contributed by atoms with van der Waals surface area (Å²) in [5, 5.41) is 0.918. The van der Waals surface area contributed by atoms with Gasteiger partial charge in [-0.3, -0.25) is 9.10 Å². The summed E-state index contributed by atoms with van der Waals surface area (Å²) in [4.78, 5) is 18.1. The molecule has 1 heterocycles. The number of hydrogen-bond donors (Lipinski definition) is 0. The first-order valence-corrected chi connectivity index (χ1v) is 14.2. The third kappa shape index (κ3) is 6.04. The smallest absolute Gasteiger partial charge is 0.253 e. The first kappa shape index (κ1) is 26.3. The highest BCUT2D eigenvalue weighted by atomic mass is 35.5. The summed E-state index contributed by atoms with van der Waals surface area (Å²) < 4.78 is 15.4. The summed E-state index contributed by atoms with van der Waals surface area (Å²) in [6, 6.07) is 32.3. The number of halogens is 2. The Morgan fingerprint density at radius 2 is 1.39 bits per heavy atom. The van der Waals surface area contributed by atoms with E-state index in [0.29, 0.717) is 40.1 Å². The molecule has 38 heavy (non-hydrogen) atoms. The van der Waals surface area contributed by atoms with Gasteiger partial charge in [-0.25, -0.2) is 4.21 Å². The Kier molecular flexibility index (Phi) is 8.32. The van der Waals surface area contributed by atoms with E-state index >= 15 is 0 Å². The average Bonchev–Trinajstić information content (AvgIpc) is 2.98. The molecule has 8 heteroatoms. The van der Waals surface area contributed by atoms with Gasteiger partial charge < -0.3 is 9.80 Å². The van der Waals surface area contributed by atoms with Gasteiger partial charge in [0.15, 0.2) is 11.0 Å². The van der Waals surface area contributed by atoms with Crippen LogP contribution in [0, 0.1) is 0 Å². The highest BCUT2D eigenvalue weighted by Crippen LogP contribution is 2.28. The number of para-hydroxylation sites is 1. The van der Waals surface area contributed by atoms with Gasteiger partial charge in [-0.1, -0.05) is 65.7 Å². The summed E-state index contributed by atoms with van der Waals surface area (Å²) in [6.45, 7) is 3.27. The maximum Gasteiger partial charge on any atom is 0.253 e. The minimum Gasteiger partial charge on any atom is -0.368 e. The zero-order chi connectivity index (χ0) is 26.5. The van der Waals surface area contributed by atoms with E-state index in [9.17, 15) is 9.00 Å². The van der Waals surface area contributed by atoms with Gasteiger partial charge in [0, 0.05) is 37.4 Å². The van der Waals surface area contributed by atoms with E-state index in [2.05, 4.69) is 17.0 Å². The Morgan fingerprint density at radius 1 is 0.763 bits per heavy atom. The van der Waals surface area contributed by atoms with Crippen LogP contribution in [0.2, 0.25) is 10.0 Å². The number of carbonyl (C=O) groups is 1. The molecule has 1 unspecified atom stereocenters. The predicted octanol–water partition coefficient (Wildman–Crippen LogP) is 6.69. The maximum absolute atomic E-state index is 13.6. The number of hydrogen-bond acceptors (Lipinski definition) is 3. The van der Waals surface area contributed by atoms with Gasteiger partial charge in [0.25, 0.3) is 5.91 Å². The zero-order valence-corrected chi connectivity index (χ0v) is 23.0. The number of benzene rings is 4. The minimum atomic E-state index is -1.47. The number of anilines is 2. The quantitative estimate of drug-likeness (QED) is 0.251. The molecule has 5 rings (SSSR count). The second-order valence-corrected chi connectivity index (χ2v) is 11.2. The van der Waals surface area contributed by atoms with Crippen LogP contribution in [0.15, 0.2) is 108 Å². The van der Waals surface area contributed by atoms with Gasteiger partial charge in [0.2, 0.25) is 0 Å². The van der Waals surface area contributed by atoms with Crippen LogP contribution in [0.3, 0.4) is 0 Å². The molecule has 194 valence electrons. The molecule has 0 aromatic heterocycles. The van der Waals surface area contributed by atoms with Crippen molar-refractivity contribution in [3.05, 3.63) is 124 Å². The molecule has 1 saturated heterocycles. The lowest BCUT2D eigenvalue weighted by Crippen LogP contribution is -2.48. The standard InChI is InChI=1S/C30H27Cl2N3O2S/c31-28-16-11-23(21-29(28)32)22-35(38(37)27-9-5-2-6-10-27)26-14-12-24(13-15-26)30(36)34-19-17-33(18-20-34)25-7-3-1-4-8-25/h1-16,21H,17-20,22H2. The van der Waals surface area contributed by atoms with E-state index < -0.39 is 11.0 Å². The van der Waals surface area contributed by atoms with E-state index in [1.54, 1.807) is 16.4 Å². The lowest BCUT2D eigenvalue weighted by atomic mass is 10.1. The molecule has 1 aliphatic heterocycles. The number of rotatable bonds is 7. The van der Waals surface area contributed by atoms with Crippen molar-refractivity contribution in [3.63, 3.8) is 0 Å². The molecule has 5 nitrogen and oxygen atoms in total. The highest BCUT2D eigenvalue weighted by molar-refractivity contribution is 7.86. The number of amides is 1. The molecular weight excluding hydrogens is 537 g/mol. The second kappa shape index (κ2) is 12.0. The van der Waals surface area contributed by atoms with Gasteiger partial charge in [-0.2, -0.15) is 0 Å². The van der Waals surface area contributed by atoms with Crippen molar-refractivity contribution in [2.75, 3.05) is 35.4 Å². The second-order valence-electron chi connectivity index (χ2n) is 9.01. The molecule has 1 aliphatic rings. The number of piperazine rings is 1. The summed E-state index contributed by atoms with van der Waals surface area (Å²) in [5.74, 6) is 0.00414. The summed E-state index contributed by atoms with van der Waals surface area (Å²) in [7, 11) is -1.47. The molecule has 0 N–H and O–H groups in total. The highest BCUT2D eigenvalue weighted by Gasteiger charge is 2.23. The SMILES string of the molecule is O=C(c1ccc(N(Cc2ccc(Cl)c(Cl)c2)S(=O)c2ccccc2)cc1)N1CCN(c2ccccc2)CC1. The Bertz CT molecular complexity index is 1410. The molecule has 0 radical (unpaired) electrons. The van der Waals surface area contributed by atoms with Crippen LogP contribution >= 0.6 is 23.2 Å². The molecule has 1 fully saturated rings. The minimum absolute atomic E-state index is 0.00414. The fourth-order valence-corrected chi connectivity index (χ4v) is 6.02. The summed E-state index contributed by atoms with van der Waals surface area (Å²) in [6.07, 6.45) is 0. The van der Waals surface area contributed by atoms with Gasteiger partial charge >= 0.3 is 0 Å². The normalized spacial score (nSPS) is 14.3. The van der Waals surface area contributed by atoms with E-state index in [4.69, 9.17) is 23.2 Å². The summed E-state index contributed by atoms with van der Waals surface area (Å²) >= 11 is 12.3. The van der Waals surface area contributed by atoms with Crippen LogP contribution in [-0.4, -0.2) is 41.2 Å². The topological polar surface area (TPSA) is 43.9 Å². The van der Waals surface area contributed by atoms with Crippen molar-refractivity contribution in [2.24, 2.45) is 0 Å². The van der Waals surface area contributed by atoms with E-state index in [1.165, 1.54) is 5.69 Å². The van der Waals surface area contributed by atoms with Gasteiger partial charge in [0.05, 0.1) is 27.2 Å². The van der Waals surface area contributed by atoms with Crippen molar-refractivity contribution >= 4 is 51.5 Å². The first-order chi connectivity index (χ1) is 18.5. The molecule has 1 amide bonds. The van der Waals surface area contributed by atoms with E-state index in [0.717, 1.165) is 24.3 Å². The third-order valence-electron chi connectivity index (χ3n) is 6.55. The lowest BCUT2D eigenvalue weighted by Gasteiger charge is -2.36. The Hall–Kier alpha value is -3.32. The van der Waals surface area contributed by atoms with Gasteiger partial charge in [-0.15, -0.1) is 0 Å². The van der Waals surface area contributed by atoms with E-state index in [1.807, 2.05) is 83.8 Å². The average molecular weight is 565 g/mol. The van der Waals surface area contributed by atoms with Crippen LogP contribution < -0.4 is 9.21 Å². The van der Waals surface area contributed by atoms with Crippen LogP contribution in [0.4, 0.5) is 11.4 Å². The number of carbonyl (C=O) groups excluding carboxylic acids is 1. The zero-order valence-electron chi connectivity index (χ0n) is 20.7. The number of nitrogens with zero attached hydrogens (tertiary/aromatic N) is 3. The van der Waals surface area contributed by atoms with Crippen molar-refractivity contribution in [3.8, 4) is 0 Å². The first-order valence-electron chi connectivity index (χ1n) is 12.4. The van der Waals surface area contributed by atoms with Crippen LogP contribution in [0.25, 0.3) is 0 Å². The predicted molar refractivity (Wildman–Crippen MR) is 156 cm³/mol. The van der Waals surface area contributed by atoms with Crippen molar-refractivity contribution in [2.45, 2.75) is 11.4 Å². The molecule has 4 aromatic rings. The summed E-state index contributed by atoms with van der Waals surface area (Å²) in [5.41, 5.74) is 3.41. The molecule has 0 aliphatic carbocycles. The lowest BCUT2D eigenvalue weighted by molar-refractivity contribution is 0.0747. The van der Waals surface area contributed by atoms with E-state index in [-0.39, 0.29) is 5.91 Å². The Labute approximate surface area is 235 Å². The Morgan fingerprint density at radius 3 is 2.03 bits per heavy atom. The van der Waals surface area contributed by atoms with Crippen LogP contribution in [0.1, 0.15) is 15.9 Å². The molecule has 1 atom stereocenters. The molecular formula is C30H27Cl2N3O2S. The monoisotopic (exact) mass is 563 g/mol. The largest absolute Gasteiger partial charge is 0.368 e. The maximum atomic E-state index is 13.6. The van der Waals surface area contributed by atoms with Gasteiger partial charge in [0.1, 0.15) is 0 Å². The Balaban J connectivity index is 1.33. The van der Waals surface area contributed by atoms with Crippen molar-refractivity contribution in [1.82, 2.24) is 4.90 Å². The molecule has 0 spiro atoms. The fraction of sp³-hybridized carbons (Fsp3) is 0.167. The molecule has 0 saturated carbocycles. The van der Waals surface area contributed by atoms with Crippen LogP contribution in [0.5, 0.6) is 0 Å². The van der Waals surface area contributed by atoms with Crippen LogP contribution in [-0.2, 0) is 17.5 Å². The van der Waals surface area contributed by atoms with Crippen molar-refractivity contribution < 1.29 is 9.00 Å². The molecule has 0 bridgehead atoms.